The van der Waals surface area contributed by atoms with E-state index in [1.165, 1.54) is 16.4 Å². The van der Waals surface area contributed by atoms with Gasteiger partial charge >= 0.3 is 0 Å². The van der Waals surface area contributed by atoms with E-state index >= 15 is 0 Å². The van der Waals surface area contributed by atoms with E-state index in [0.717, 1.165) is 11.6 Å². The zero-order chi connectivity index (χ0) is 21.3. The van der Waals surface area contributed by atoms with E-state index in [9.17, 15) is 23.3 Å². The van der Waals surface area contributed by atoms with Crippen molar-refractivity contribution in [3.05, 3.63) is 63.2 Å². The highest BCUT2D eigenvalue weighted by molar-refractivity contribution is 7.89. The summed E-state index contributed by atoms with van der Waals surface area (Å²) in [5.41, 5.74) is 7.03. The minimum Gasteiger partial charge on any atom is -0.366 e. The maximum atomic E-state index is 13.0. The summed E-state index contributed by atoms with van der Waals surface area (Å²) in [6.07, 6.45) is 0. The molecule has 2 aromatic rings. The minimum absolute atomic E-state index is 0.0523. The number of nitrogens with two attached hydrogens (primary N) is 1. The van der Waals surface area contributed by atoms with Gasteiger partial charge in [0.15, 0.2) is 0 Å². The molecule has 3 rings (SSSR count). The molecule has 10 heteroatoms. The molecule has 1 saturated heterocycles. The van der Waals surface area contributed by atoms with Crippen LogP contribution in [0, 0.1) is 24.0 Å². The Morgan fingerprint density at radius 2 is 1.72 bits per heavy atom. The summed E-state index contributed by atoms with van der Waals surface area (Å²) in [6, 6.07) is 9.26. The van der Waals surface area contributed by atoms with Crippen LogP contribution in [0.4, 0.5) is 11.4 Å². The average molecular weight is 418 g/mol. The fraction of sp³-hybridized carbons (Fsp3) is 0.316. The van der Waals surface area contributed by atoms with Gasteiger partial charge in [-0.3, -0.25) is 14.9 Å². The summed E-state index contributed by atoms with van der Waals surface area (Å²) in [5, 5.41) is 11.4. The van der Waals surface area contributed by atoms with E-state index in [2.05, 4.69) is 0 Å². The van der Waals surface area contributed by atoms with Gasteiger partial charge in [0.1, 0.15) is 5.69 Å². The van der Waals surface area contributed by atoms with Gasteiger partial charge in [-0.15, -0.1) is 0 Å². The standard InChI is InChI=1S/C19H22N4O5S/c1-13-3-6-18(14(2)11-13)29(27,28)22-9-7-21(8-10-22)16-5-4-15(19(20)24)12-17(16)23(25)26/h3-6,11-12H,7-10H2,1-2H3,(H2,20,24). The van der Waals surface area contributed by atoms with Crippen molar-refractivity contribution >= 4 is 27.3 Å². The zero-order valence-electron chi connectivity index (χ0n) is 16.2. The van der Waals surface area contributed by atoms with Crippen LogP contribution in [0.1, 0.15) is 21.5 Å². The second kappa shape index (κ2) is 7.80. The molecule has 2 aromatic carbocycles. The Labute approximate surface area is 168 Å². The average Bonchev–Trinajstić information content (AvgIpc) is 2.67. The van der Waals surface area contributed by atoms with Gasteiger partial charge in [-0.1, -0.05) is 17.7 Å². The lowest BCUT2D eigenvalue weighted by atomic mass is 10.1. The fourth-order valence-electron chi connectivity index (χ4n) is 3.49. The summed E-state index contributed by atoms with van der Waals surface area (Å²) in [6.45, 7) is 4.65. The Balaban J connectivity index is 1.82. The quantitative estimate of drug-likeness (QED) is 0.583. The van der Waals surface area contributed by atoms with Gasteiger partial charge in [0.2, 0.25) is 15.9 Å². The molecule has 1 amide bonds. The van der Waals surface area contributed by atoms with Crippen LogP contribution in [0.25, 0.3) is 0 Å². The Kier molecular flexibility index (Phi) is 5.58. The third kappa shape index (κ3) is 4.08. The first-order chi connectivity index (χ1) is 13.6. The van der Waals surface area contributed by atoms with Crippen LogP contribution in [-0.2, 0) is 10.0 Å². The molecule has 0 bridgehead atoms. The van der Waals surface area contributed by atoms with Crippen LogP contribution < -0.4 is 10.6 Å². The Bertz CT molecular complexity index is 1080. The number of anilines is 1. The first-order valence-electron chi connectivity index (χ1n) is 9.02. The fourth-order valence-corrected chi connectivity index (χ4v) is 5.12. The van der Waals surface area contributed by atoms with E-state index in [0.29, 0.717) is 24.3 Å². The monoisotopic (exact) mass is 418 g/mol. The number of hydrogen-bond donors (Lipinski definition) is 1. The second-order valence-corrected chi connectivity index (χ2v) is 8.89. The topological polar surface area (TPSA) is 127 Å². The maximum absolute atomic E-state index is 13.0. The number of nitrogens with zero attached hydrogens (tertiary/aromatic N) is 3. The summed E-state index contributed by atoms with van der Waals surface area (Å²) in [7, 11) is -3.65. The number of rotatable bonds is 5. The predicted molar refractivity (Wildman–Crippen MR) is 109 cm³/mol. The van der Waals surface area contributed by atoms with Gasteiger partial charge in [0, 0.05) is 37.8 Å². The number of primary amides is 1. The Morgan fingerprint density at radius 3 is 2.28 bits per heavy atom. The van der Waals surface area contributed by atoms with Gasteiger partial charge in [-0.05, 0) is 37.6 Å². The molecule has 0 aromatic heterocycles. The van der Waals surface area contributed by atoms with Crippen molar-refractivity contribution in [3.8, 4) is 0 Å². The molecule has 1 aliphatic rings. The molecule has 0 spiro atoms. The molecule has 2 N–H and O–H groups in total. The zero-order valence-corrected chi connectivity index (χ0v) is 17.0. The SMILES string of the molecule is Cc1ccc(S(=O)(=O)N2CCN(c3ccc(C(N)=O)cc3[N+](=O)[O-])CC2)c(C)c1. The van der Waals surface area contributed by atoms with Crippen molar-refractivity contribution in [3.63, 3.8) is 0 Å². The van der Waals surface area contributed by atoms with Crippen LogP contribution in [0.2, 0.25) is 0 Å². The lowest BCUT2D eigenvalue weighted by Crippen LogP contribution is -2.49. The first-order valence-corrected chi connectivity index (χ1v) is 10.5. The van der Waals surface area contributed by atoms with Crippen molar-refractivity contribution in [2.45, 2.75) is 18.7 Å². The highest BCUT2D eigenvalue weighted by atomic mass is 32.2. The van der Waals surface area contributed by atoms with E-state index in [1.54, 1.807) is 24.0 Å². The number of amides is 1. The Morgan fingerprint density at radius 1 is 1.07 bits per heavy atom. The second-order valence-electron chi connectivity index (χ2n) is 6.98. The molecule has 1 fully saturated rings. The molecular weight excluding hydrogens is 396 g/mol. The number of aryl methyl sites for hydroxylation is 2. The van der Waals surface area contributed by atoms with Crippen LogP contribution in [0.5, 0.6) is 0 Å². The molecule has 0 unspecified atom stereocenters. The number of piperazine rings is 1. The number of carbonyl (C=O) groups excluding carboxylic acids is 1. The number of benzene rings is 2. The van der Waals surface area contributed by atoms with Crippen LogP contribution in [0.15, 0.2) is 41.3 Å². The minimum atomic E-state index is -3.65. The van der Waals surface area contributed by atoms with E-state index in [-0.39, 0.29) is 29.2 Å². The molecular formula is C19H22N4O5S. The molecule has 0 atom stereocenters. The van der Waals surface area contributed by atoms with Gasteiger partial charge in [0.25, 0.3) is 5.69 Å². The lowest BCUT2D eigenvalue weighted by molar-refractivity contribution is -0.384. The molecule has 0 saturated carbocycles. The predicted octanol–water partition coefficient (Wildman–Crippen LogP) is 1.82. The molecule has 29 heavy (non-hydrogen) atoms. The summed E-state index contributed by atoms with van der Waals surface area (Å²) in [5.74, 6) is -0.746. The first kappa shape index (κ1) is 20.7. The van der Waals surface area contributed by atoms with E-state index < -0.39 is 20.9 Å². The van der Waals surface area contributed by atoms with Gasteiger partial charge in [-0.25, -0.2) is 8.42 Å². The van der Waals surface area contributed by atoms with Crippen molar-refractivity contribution in [1.82, 2.24) is 4.31 Å². The number of carbonyl (C=O) groups is 1. The molecule has 1 aliphatic heterocycles. The lowest BCUT2D eigenvalue weighted by Gasteiger charge is -2.35. The molecule has 0 radical (unpaired) electrons. The van der Waals surface area contributed by atoms with Gasteiger partial charge in [0.05, 0.1) is 9.82 Å². The highest BCUT2D eigenvalue weighted by Gasteiger charge is 2.31. The van der Waals surface area contributed by atoms with Crippen LogP contribution in [0.3, 0.4) is 0 Å². The summed E-state index contributed by atoms with van der Waals surface area (Å²) in [4.78, 5) is 24.2. The van der Waals surface area contributed by atoms with Crippen LogP contribution in [-0.4, -0.2) is 49.7 Å². The molecule has 0 aliphatic carbocycles. The van der Waals surface area contributed by atoms with E-state index in [4.69, 9.17) is 5.73 Å². The number of sulfonamides is 1. The van der Waals surface area contributed by atoms with Crippen molar-refractivity contribution in [1.29, 1.82) is 0 Å². The number of nitro groups is 1. The summed E-state index contributed by atoms with van der Waals surface area (Å²) < 4.78 is 27.4. The largest absolute Gasteiger partial charge is 0.366 e. The maximum Gasteiger partial charge on any atom is 0.293 e. The summed E-state index contributed by atoms with van der Waals surface area (Å²) >= 11 is 0. The highest BCUT2D eigenvalue weighted by Crippen LogP contribution is 2.31. The number of hydrogen-bond acceptors (Lipinski definition) is 6. The van der Waals surface area contributed by atoms with Crippen LogP contribution >= 0.6 is 0 Å². The van der Waals surface area contributed by atoms with Gasteiger partial charge in [-0.2, -0.15) is 4.31 Å². The molecule has 9 nitrogen and oxygen atoms in total. The number of nitro benzene ring substituents is 1. The Hall–Kier alpha value is -2.98. The van der Waals surface area contributed by atoms with Gasteiger partial charge < -0.3 is 10.6 Å². The molecule has 1 heterocycles. The smallest absolute Gasteiger partial charge is 0.293 e. The van der Waals surface area contributed by atoms with Crippen molar-refractivity contribution in [2.75, 3.05) is 31.1 Å². The van der Waals surface area contributed by atoms with Crippen molar-refractivity contribution in [2.24, 2.45) is 5.73 Å². The normalized spacial score (nSPS) is 15.3. The molecule has 154 valence electrons. The van der Waals surface area contributed by atoms with Crippen molar-refractivity contribution < 1.29 is 18.1 Å². The third-order valence-electron chi connectivity index (χ3n) is 4.98. The third-order valence-corrected chi connectivity index (χ3v) is 7.04. The van der Waals surface area contributed by atoms with E-state index in [1.807, 2.05) is 13.0 Å².